The fraction of sp³-hybridized carbons (Fsp3) is 0.136. The molecule has 30 heavy (non-hydrogen) atoms. The molecule has 2 aromatic heterocycles. The van der Waals surface area contributed by atoms with Crippen molar-refractivity contribution in [3.63, 3.8) is 0 Å². The minimum Gasteiger partial charge on any atom is -0.497 e. The van der Waals surface area contributed by atoms with Crippen molar-refractivity contribution >= 4 is 34.5 Å². The van der Waals surface area contributed by atoms with Crippen molar-refractivity contribution in [2.24, 2.45) is 0 Å². The molecule has 7 nitrogen and oxygen atoms in total. The van der Waals surface area contributed by atoms with Crippen molar-refractivity contribution in [1.82, 2.24) is 14.6 Å². The maximum atomic E-state index is 12.8. The number of methoxy groups -OCH3 is 3. The second-order valence-corrected chi connectivity index (χ2v) is 7.30. The predicted molar refractivity (Wildman–Crippen MR) is 117 cm³/mol. The molecule has 0 saturated carbocycles. The zero-order valence-corrected chi connectivity index (χ0v) is 17.5. The lowest BCUT2D eigenvalue weighted by Gasteiger charge is -2.06. The zero-order chi connectivity index (χ0) is 21.1. The standard InChI is InChI=1S/C22H19N3O4S/c1-27-16-7-4-14(5-8-16)6-11-20-23-22-25(24-20)21(26)19(30-22)13-15-12-17(28-2)9-10-18(15)29-3/h4-13H,1-3H3/b11-6+,19-13+. The van der Waals surface area contributed by atoms with Gasteiger partial charge in [0.05, 0.1) is 25.9 Å². The Labute approximate surface area is 176 Å². The number of hydrogen-bond acceptors (Lipinski definition) is 7. The molecule has 4 aromatic rings. The molecule has 2 heterocycles. The summed E-state index contributed by atoms with van der Waals surface area (Å²) in [6.45, 7) is 0. The number of hydrogen-bond donors (Lipinski definition) is 0. The summed E-state index contributed by atoms with van der Waals surface area (Å²) in [7, 11) is 4.80. The van der Waals surface area contributed by atoms with Crippen LogP contribution in [0.4, 0.5) is 0 Å². The predicted octanol–water partition coefficient (Wildman–Crippen LogP) is 2.89. The lowest BCUT2D eigenvalue weighted by atomic mass is 10.2. The minimum absolute atomic E-state index is 0.225. The Kier molecular flexibility index (Phi) is 5.49. The molecule has 0 saturated heterocycles. The van der Waals surface area contributed by atoms with Crippen LogP contribution in [0.1, 0.15) is 17.0 Å². The van der Waals surface area contributed by atoms with Gasteiger partial charge in [-0.05, 0) is 48.0 Å². The normalized spacial score (nSPS) is 12.0. The SMILES string of the molecule is COc1ccc(/C=C/c2nc3s/c(=C/c4cc(OC)ccc4OC)c(=O)n3n2)cc1. The van der Waals surface area contributed by atoms with Crippen LogP contribution in [0, 0.1) is 0 Å². The molecule has 0 spiro atoms. The van der Waals surface area contributed by atoms with Crippen molar-refractivity contribution in [2.75, 3.05) is 21.3 Å². The van der Waals surface area contributed by atoms with Gasteiger partial charge in [0.2, 0.25) is 4.96 Å². The average Bonchev–Trinajstić information content (AvgIpc) is 3.31. The van der Waals surface area contributed by atoms with Crippen LogP contribution in [0.15, 0.2) is 47.3 Å². The lowest BCUT2D eigenvalue weighted by Crippen LogP contribution is -2.23. The fourth-order valence-corrected chi connectivity index (χ4v) is 3.80. The second-order valence-electron chi connectivity index (χ2n) is 6.29. The van der Waals surface area contributed by atoms with Crippen LogP contribution in [0.25, 0.3) is 23.2 Å². The van der Waals surface area contributed by atoms with Crippen LogP contribution in [-0.4, -0.2) is 35.9 Å². The molecule has 0 aliphatic rings. The number of benzene rings is 2. The van der Waals surface area contributed by atoms with Crippen LogP contribution < -0.4 is 24.3 Å². The molecule has 0 bridgehead atoms. The van der Waals surface area contributed by atoms with E-state index in [0.29, 0.717) is 26.8 Å². The summed E-state index contributed by atoms with van der Waals surface area (Å²) in [4.78, 5) is 17.7. The summed E-state index contributed by atoms with van der Waals surface area (Å²) in [6.07, 6.45) is 5.42. The number of ether oxygens (including phenoxy) is 3. The van der Waals surface area contributed by atoms with Gasteiger partial charge in [0.1, 0.15) is 17.2 Å². The van der Waals surface area contributed by atoms with Crippen molar-refractivity contribution < 1.29 is 14.2 Å². The quantitative estimate of drug-likeness (QED) is 0.477. The van der Waals surface area contributed by atoms with Gasteiger partial charge in [-0.25, -0.2) is 0 Å². The Balaban J connectivity index is 1.66. The van der Waals surface area contributed by atoms with E-state index < -0.39 is 0 Å². The highest BCUT2D eigenvalue weighted by Gasteiger charge is 2.10. The topological polar surface area (TPSA) is 75.0 Å². The Hall–Kier alpha value is -3.65. The monoisotopic (exact) mass is 421 g/mol. The van der Waals surface area contributed by atoms with Gasteiger partial charge >= 0.3 is 0 Å². The summed E-state index contributed by atoms with van der Waals surface area (Å²) >= 11 is 1.27. The van der Waals surface area contributed by atoms with Gasteiger partial charge in [-0.1, -0.05) is 29.5 Å². The Morgan fingerprint density at radius 3 is 2.33 bits per heavy atom. The Morgan fingerprint density at radius 2 is 1.67 bits per heavy atom. The van der Waals surface area contributed by atoms with Crippen LogP contribution in [0.5, 0.6) is 17.2 Å². The van der Waals surface area contributed by atoms with Crippen LogP contribution >= 0.6 is 11.3 Å². The molecule has 0 fully saturated rings. The minimum atomic E-state index is -0.225. The third kappa shape index (κ3) is 3.90. The van der Waals surface area contributed by atoms with Crippen molar-refractivity contribution in [2.45, 2.75) is 0 Å². The van der Waals surface area contributed by atoms with E-state index in [1.807, 2.05) is 36.4 Å². The summed E-state index contributed by atoms with van der Waals surface area (Å²) in [6, 6.07) is 13.0. The molecule has 0 unspecified atom stereocenters. The van der Waals surface area contributed by atoms with Gasteiger partial charge < -0.3 is 14.2 Å². The van der Waals surface area contributed by atoms with E-state index in [9.17, 15) is 4.79 Å². The molecule has 8 heteroatoms. The third-order valence-corrected chi connectivity index (χ3v) is 5.42. The number of aromatic nitrogens is 3. The zero-order valence-electron chi connectivity index (χ0n) is 16.7. The molecule has 0 amide bonds. The maximum absolute atomic E-state index is 12.8. The first-order chi connectivity index (χ1) is 14.6. The lowest BCUT2D eigenvalue weighted by molar-refractivity contribution is 0.402. The Morgan fingerprint density at radius 1 is 0.933 bits per heavy atom. The van der Waals surface area contributed by atoms with E-state index in [-0.39, 0.29) is 5.56 Å². The third-order valence-electron chi connectivity index (χ3n) is 4.46. The van der Waals surface area contributed by atoms with Crippen molar-refractivity contribution in [3.05, 3.63) is 74.3 Å². The summed E-state index contributed by atoms with van der Waals surface area (Å²) in [5.41, 5.74) is 1.50. The molecule has 0 atom stereocenters. The largest absolute Gasteiger partial charge is 0.497 e. The van der Waals surface area contributed by atoms with Gasteiger partial charge in [-0.3, -0.25) is 4.79 Å². The number of rotatable bonds is 6. The fourth-order valence-electron chi connectivity index (χ4n) is 2.90. The molecule has 0 radical (unpaired) electrons. The van der Waals surface area contributed by atoms with Crippen molar-refractivity contribution in [3.8, 4) is 17.2 Å². The van der Waals surface area contributed by atoms with E-state index in [4.69, 9.17) is 14.2 Å². The maximum Gasteiger partial charge on any atom is 0.291 e. The smallest absolute Gasteiger partial charge is 0.291 e. The van der Waals surface area contributed by atoms with Crippen LogP contribution in [0.2, 0.25) is 0 Å². The first kappa shape index (κ1) is 19.7. The van der Waals surface area contributed by atoms with Gasteiger partial charge in [-0.2, -0.15) is 9.50 Å². The number of fused-ring (bicyclic) bond motifs is 1. The number of thiazole rings is 1. The molecule has 4 rings (SSSR count). The molecule has 152 valence electrons. The molecule has 0 aliphatic heterocycles. The van der Waals surface area contributed by atoms with Crippen LogP contribution in [-0.2, 0) is 0 Å². The molecule has 0 aliphatic carbocycles. The highest BCUT2D eigenvalue weighted by atomic mass is 32.1. The van der Waals surface area contributed by atoms with Crippen LogP contribution in [0.3, 0.4) is 0 Å². The van der Waals surface area contributed by atoms with Crippen molar-refractivity contribution in [1.29, 1.82) is 0 Å². The van der Waals surface area contributed by atoms with E-state index in [1.54, 1.807) is 45.6 Å². The number of nitrogens with zero attached hydrogens (tertiary/aromatic N) is 3. The highest BCUT2D eigenvalue weighted by Crippen LogP contribution is 2.24. The molecule has 0 N–H and O–H groups in total. The highest BCUT2D eigenvalue weighted by molar-refractivity contribution is 7.15. The average molecular weight is 421 g/mol. The second kappa shape index (κ2) is 8.38. The van der Waals surface area contributed by atoms with E-state index in [0.717, 1.165) is 16.9 Å². The van der Waals surface area contributed by atoms with E-state index in [2.05, 4.69) is 10.1 Å². The van der Waals surface area contributed by atoms with Gasteiger partial charge in [-0.15, -0.1) is 5.10 Å². The van der Waals surface area contributed by atoms with E-state index in [1.165, 1.54) is 15.9 Å². The molecular formula is C22H19N3O4S. The summed E-state index contributed by atoms with van der Waals surface area (Å²) < 4.78 is 17.6. The summed E-state index contributed by atoms with van der Waals surface area (Å²) in [5, 5.41) is 4.32. The van der Waals surface area contributed by atoms with Gasteiger partial charge in [0, 0.05) is 5.56 Å². The Bertz CT molecular complexity index is 1320. The van der Waals surface area contributed by atoms with Gasteiger partial charge in [0.15, 0.2) is 5.82 Å². The molecular weight excluding hydrogens is 402 g/mol. The first-order valence-corrected chi connectivity index (χ1v) is 9.88. The molecule has 2 aromatic carbocycles. The van der Waals surface area contributed by atoms with Gasteiger partial charge in [0.25, 0.3) is 5.56 Å². The summed E-state index contributed by atoms with van der Waals surface area (Å²) in [5.74, 6) is 2.59. The van der Waals surface area contributed by atoms with E-state index >= 15 is 0 Å². The first-order valence-electron chi connectivity index (χ1n) is 9.06.